The average molecular weight is 388 g/mol. The van der Waals surface area contributed by atoms with E-state index in [0.717, 1.165) is 54.1 Å². The first-order valence-electron chi connectivity index (χ1n) is 10.5. The molecule has 1 N–H and O–H groups in total. The van der Waals surface area contributed by atoms with Crippen molar-refractivity contribution in [2.45, 2.75) is 38.5 Å². The highest BCUT2D eigenvalue weighted by molar-refractivity contribution is 5.95. The lowest BCUT2D eigenvalue weighted by Gasteiger charge is -2.55. The third-order valence-corrected chi connectivity index (χ3v) is 7.21. The predicted octanol–water partition coefficient (Wildman–Crippen LogP) is 4.68. The zero-order valence-electron chi connectivity index (χ0n) is 16.3. The van der Waals surface area contributed by atoms with Crippen molar-refractivity contribution < 1.29 is 9.21 Å². The summed E-state index contributed by atoms with van der Waals surface area (Å²) in [7, 11) is 0. The Morgan fingerprint density at radius 1 is 1.03 bits per heavy atom. The number of anilines is 1. The molecule has 6 nitrogen and oxygen atoms in total. The number of benzene rings is 1. The summed E-state index contributed by atoms with van der Waals surface area (Å²) in [4.78, 5) is 13.2. The molecular weight excluding hydrogens is 364 g/mol. The van der Waals surface area contributed by atoms with Crippen LogP contribution in [0, 0.1) is 23.2 Å². The average Bonchev–Trinajstić information content (AvgIpc) is 3.39. The van der Waals surface area contributed by atoms with Gasteiger partial charge in [0, 0.05) is 5.69 Å². The van der Waals surface area contributed by atoms with Gasteiger partial charge in [0.15, 0.2) is 5.76 Å². The van der Waals surface area contributed by atoms with E-state index in [1.165, 1.54) is 19.3 Å². The van der Waals surface area contributed by atoms with Gasteiger partial charge >= 0.3 is 0 Å². The van der Waals surface area contributed by atoms with Crippen molar-refractivity contribution in [3.63, 3.8) is 0 Å². The van der Waals surface area contributed by atoms with Gasteiger partial charge in [0.05, 0.1) is 23.6 Å². The van der Waals surface area contributed by atoms with E-state index in [9.17, 15) is 4.79 Å². The number of hydrogen-bond donors (Lipinski definition) is 1. The SMILES string of the molecule is O=C(Nc1ccc(-n2nncc2-c2ccco2)cc1)C12CC3CC(CC(C3)C1)C2. The number of rotatable bonds is 4. The number of nitrogens with one attached hydrogen (secondary N) is 1. The summed E-state index contributed by atoms with van der Waals surface area (Å²) in [5, 5.41) is 11.4. The van der Waals surface area contributed by atoms with Crippen LogP contribution in [0.2, 0.25) is 0 Å². The molecule has 148 valence electrons. The second-order valence-corrected chi connectivity index (χ2v) is 9.21. The zero-order valence-corrected chi connectivity index (χ0v) is 16.3. The van der Waals surface area contributed by atoms with Gasteiger partial charge in [0.25, 0.3) is 0 Å². The van der Waals surface area contributed by atoms with Crippen molar-refractivity contribution in [3.8, 4) is 17.1 Å². The maximum atomic E-state index is 13.2. The Kier molecular flexibility index (Phi) is 3.70. The Balaban J connectivity index is 1.21. The van der Waals surface area contributed by atoms with Crippen molar-refractivity contribution in [2.75, 3.05) is 5.32 Å². The summed E-state index contributed by atoms with van der Waals surface area (Å²) >= 11 is 0. The summed E-state index contributed by atoms with van der Waals surface area (Å²) in [6.07, 6.45) is 10.6. The minimum atomic E-state index is -0.133. The van der Waals surface area contributed by atoms with Crippen LogP contribution in [0.4, 0.5) is 5.69 Å². The third kappa shape index (κ3) is 2.81. The summed E-state index contributed by atoms with van der Waals surface area (Å²) in [5.41, 5.74) is 2.38. The van der Waals surface area contributed by atoms with Crippen LogP contribution in [0.3, 0.4) is 0 Å². The van der Waals surface area contributed by atoms with E-state index >= 15 is 0 Å². The summed E-state index contributed by atoms with van der Waals surface area (Å²) in [5.74, 6) is 3.24. The van der Waals surface area contributed by atoms with E-state index in [-0.39, 0.29) is 11.3 Å². The van der Waals surface area contributed by atoms with E-state index < -0.39 is 0 Å². The van der Waals surface area contributed by atoms with E-state index in [2.05, 4.69) is 15.6 Å². The van der Waals surface area contributed by atoms with Crippen molar-refractivity contribution in [2.24, 2.45) is 23.2 Å². The van der Waals surface area contributed by atoms with Crippen LogP contribution in [-0.2, 0) is 4.79 Å². The highest BCUT2D eigenvalue weighted by Crippen LogP contribution is 2.60. The fourth-order valence-corrected chi connectivity index (χ4v) is 6.36. The molecule has 4 fully saturated rings. The number of amides is 1. The topological polar surface area (TPSA) is 73.0 Å². The Morgan fingerprint density at radius 3 is 2.34 bits per heavy atom. The van der Waals surface area contributed by atoms with Crippen LogP contribution in [-0.4, -0.2) is 20.9 Å². The van der Waals surface area contributed by atoms with Crippen LogP contribution < -0.4 is 5.32 Å². The monoisotopic (exact) mass is 388 g/mol. The maximum Gasteiger partial charge on any atom is 0.230 e. The molecule has 29 heavy (non-hydrogen) atoms. The van der Waals surface area contributed by atoms with E-state index in [1.807, 2.05) is 36.4 Å². The molecule has 0 saturated heterocycles. The van der Waals surface area contributed by atoms with E-state index in [0.29, 0.717) is 5.76 Å². The minimum absolute atomic E-state index is 0.133. The Morgan fingerprint density at radius 2 is 1.72 bits per heavy atom. The van der Waals surface area contributed by atoms with Gasteiger partial charge < -0.3 is 9.73 Å². The molecule has 4 aliphatic carbocycles. The molecular formula is C23H24N4O2. The number of carbonyl (C=O) groups is 1. The number of nitrogens with zero attached hydrogens (tertiary/aromatic N) is 3. The van der Waals surface area contributed by atoms with Crippen LogP contribution in [0.15, 0.2) is 53.3 Å². The molecule has 0 spiro atoms. The number of hydrogen-bond acceptors (Lipinski definition) is 4. The lowest BCUT2D eigenvalue weighted by molar-refractivity contribution is -0.140. The van der Waals surface area contributed by atoms with Crippen molar-refractivity contribution >= 4 is 11.6 Å². The smallest absolute Gasteiger partial charge is 0.230 e. The molecule has 6 heteroatoms. The highest BCUT2D eigenvalue weighted by Gasteiger charge is 2.54. The highest BCUT2D eigenvalue weighted by atomic mass is 16.3. The van der Waals surface area contributed by atoms with E-state index in [4.69, 9.17) is 4.42 Å². The van der Waals surface area contributed by atoms with Crippen LogP contribution in [0.25, 0.3) is 17.1 Å². The van der Waals surface area contributed by atoms with Crippen LogP contribution in [0.1, 0.15) is 38.5 Å². The first-order valence-corrected chi connectivity index (χ1v) is 10.5. The molecule has 2 heterocycles. The summed E-state index contributed by atoms with van der Waals surface area (Å²) in [6.45, 7) is 0. The molecule has 0 radical (unpaired) electrons. The molecule has 0 unspecified atom stereocenters. The van der Waals surface area contributed by atoms with Gasteiger partial charge in [-0.3, -0.25) is 4.79 Å². The standard InChI is InChI=1S/C23H24N4O2/c28-22(23-11-15-8-16(12-23)10-17(9-15)13-23)25-18-3-5-19(6-4-18)27-20(14-24-26-27)21-2-1-7-29-21/h1-7,14-17H,8-13H2,(H,25,28). The Labute approximate surface area is 169 Å². The first kappa shape index (κ1) is 17.0. The van der Waals surface area contributed by atoms with Crippen molar-refractivity contribution in [3.05, 3.63) is 48.9 Å². The third-order valence-electron chi connectivity index (χ3n) is 7.21. The largest absolute Gasteiger partial charge is 0.463 e. The van der Waals surface area contributed by atoms with Gasteiger partial charge in [-0.2, -0.15) is 0 Å². The van der Waals surface area contributed by atoms with Gasteiger partial charge in [-0.25, -0.2) is 4.68 Å². The molecule has 1 aromatic carbocycles. The van der Waals surface area contributed by atoms with Crippen molar-refractivity contribution in [1.29, 1.82) is 0 Å². The maximum absolute atomic E-state index is 13.2. The number of carbonyl (C=O) groups excluding carboxylic acids is 1. The minimum Gasteiger partial charge on any atom is -0.463 e. The summed E-state index contributed by atoms with van der Waals surface area (Å²) < 4.78 is 7.22. The molecule has 1 amide bonds. The Bertz CT molecular complexity index is 1000. The molecule has 4 aliphatic rings. The lowest BCUT2D eigenvalue weighted by atomic mass is 9.49. The quantitative estimate of drug-likeness (QED) is 0.704. The number of aromatic nitrogens is 3. The molecule has 0 aliphatic heterocycles. The summed E-state index contributed by atoms with van der Waals surface area (Å²) in [6, 6.07) is 11.5. The van der Waals surface area contributed by atoms with Gasteiger partial charge in [-0.1, -0.05) is 5.21 Å². The Hall–Kier alpha value is -2.89. The molecule has 7 rings (SSSR count). The fourth-order valence-electron chi connectivity index (χ4n) is 6.36. The molecule has 2 aromatic heterocycles. The fraction of sp³-hybridized carbons (Fsp3) is 0.435. The zero-order chi connectivity index (χ0) is 19.4. The van der Waals surface area contributed by atoms with Gasteiger partial charge in [0.2, 0.25) is 5.91 Å². The second-order valence-electron chi connectivity index (χ2n) is 9.21. The molecule has 4 saturated carbocycles. The van der Waals surface area contributed by atoms with Gasteiger partial charge in [-0.05, 0) is 92.7 Å². The second kappa shape index (κ2) is 6.31. The number of furan rings is 1. The van der Waals surface area contributed by atoms with Gasteiger partial charge in [-0.15, -0.1) is 5.10 Å². The van der Waals surface area contributed by atoms with Crippen molar-refractivity contribution in [1.82, 2.24) is 15.0 Å². The van der Waals surface area contributed by atoms with Gasteiger partial charge in [0.1, 0.15) is 5.69 Å². The lowest BCUT2D eigenvalue weighted by Crippen LogP contribution is -2.51. The van der Waals surface area contributed by atoms with Crippen LogP contribution in [0.5, 0.6) is 0 Å². The molecule has 0 atom stereocenters. The van der Waals surface area contributed by atoms with Crippen LogP contribution >= 0.6 is 0 Å². The normalized spacial score (nSPS) is 29.9. The first-order chi connectivity index (χ1) is 14.2. The predicted molar refractivity (Wildman–Crippen MR) is 108 cm³/mol. The molecule has 4 bridgehead atoms. The van der Waals surface area contributed by atoms with E-state index in [1.54, 1.807) is 17.1 Å². The molecule has 3 aromatic rings.